The molecule has 1 heterocycles. The number of nitrogens with zero attached hydrogens (tertiary/aromatic N) is 2. The Kier molecular flexibility index (Phi) is 6.88. The molecule has 0 spiro atoms. The van der Waals surface area contributed by atoms with E-state index in [0.29, 0.717) is 6.54 Å². The zero-order valence-electron chi connectivity index (χ0n) is 16.0. The van der Waals surface area contributed by atoms with Crippen LogP contribution in [-0.2, 0) is 15.8 Å². The van der Waals surface area contributed by atoms with Gasteiger partial charge >= 0.3 is 0 Å². The molecular weight excluding hydrogens is 358 g/mol. The Hall–Kier alpha value is -1.89. The molecule has 0 atom stereocenters. The molecule has 0 bridgehead atoms. The second kappa shape index (κ2) is 9.35. The lowest BCUT2D eigenvalue weighted by atomic mass is 10.2. The van der Waals surface area contributed by atoms with Gasteiger partial charge in [0.25, 0.3) is 0 Å². The quantitative estimate of drug-likeness (QED) is 0.708. The van der Waals surface area contributed by atoms with Crippen LogP contribution < -0.4 is 9.62 Å². The van der Waals surface area contributed by atoms with Gasteiger partial charge in [-0.2, -0.15) is 0 Å². The fourth-order valence-electron chi connectivity index (χ4n) is 3.35. The van der Waals surface area contributed by atoms with Gasteiger partial charge in [0.15, 0.2) is 0 Å². The first-order valence-electron chi connectivity index (χ1n) is 9.57. The second-order valence-electron chi connectivity index (χ2n) is 7.16. The normalized spacial score (nSPS) is 15.8. The minimum Gasteiger partial charge on any atom is -0.369 e. The van der Waals surface area contributed by atoms with E-state index in [1.54, 1.807) is 0 Å². The molecule has 6 heteroatoms. The lowest BCUT2D eigenvalue weighted by molar-refractivity contribution is 0.255. The van der Waals surface area contributed by atoms with Crippen molar-refractivity contribution < 1.29 is 8.42 Å². The molecule has 0 saturated carbocycles. The first-order valence-corrected chi connectivity index (χ1v) is 11.2. The van der Waals surface area contributed by atoms with Crippen LogP contribution in [0.5, 0.6) is 0 Å². The topological polar surface area (TPSA) is 52.7 Å². The Labute approximate surface area is 163 Å². The predicted octanol–water partition coefficient (Wildman–Crippen LogP) is 2.63. The van der Waals surface area contributed by atoms with Crippen LogP contribution in [0, 0.1) is 6.92 Å². The highest BCUT2D eigenvalue weighted by Gasteiger charge is 2.17. The average molecular weight is 388 g/mol. The largest absolute Gasteiger partial charge is 0.369 e. The van der Waals surface area contributed by atoms with Gasteiger partial charge in [-0.05, 0) is 37.6 Å². The minimum absolute atomic E-state index is 0.0447. The van der Waals surface area contributed by atoms with Gasteiger partial charge < -0.3 is 4.90 Å². The molecule has 0 unspecified atom stereocenters. The highest BCUT2D eigenvalue weighted by Crippen LogP contribution is 2.15. The molecule has 1 aliphatic heterocycles. The number of aryl methyl sites for hydroxylation is 1. The van der Waals surface area contributed by atoms with Gasteiger partial charge in [0.1, 0.15) is 0 Å². The van der Waals surface area contributed by atoms with Crippen LogP contribution in [0.25, 0.3) is 0 Å². The van der Waals surface area contributed by atoms with Gasteiger partial charge in [-0.3, -0.25) is 4.90 Å². The highest BCUT2D eigenvalue weighted by molar-refractivity contribution is 7.88. The van der Waals surface area contributed by atoms with Crippen LogP contribution in [0.15, 0.2) is 54.6 Å². The Bertz CT molecular complexity index is 799. The molecule has 0 amide bonds. The number of hydrogen-bond acceptors (Lipinski definition) is 4. The smallest absolute Gasteiger partial charge is 0.215 e. The number of para-hydroxylation sites is 1. The van der Waals surface area contributed by atoms with E-state index in [1.165, 1.54) is 5.69 Å². The number of rotatable bonds is 8. The summed E-state index contributed by atoms with van der Waals surface area (Å²) in [6.45, 7) is 7.49. The van der Waals surface area contributed by atoms with Crippen molar-refractivity contribution in [2.24, 2.45) is 0 Å². The summed E-state index contributed by atoms with van der Waals surface area (Å²) in [7, 11) is -3.27. The third-order valence-corrected chi connectivity index (χ3v) is 6.30. The lowest BCUT2D eigenvalue weighted by Gasteiger charge is -2.36. The molecule has 3 rings (SSSR count). The fraction of sp³-hybridized carbons (Fsp3) is 0.429. The van der Waals surface area contributed by atoms with Gasteiger partial charge in [-0.1, -0.05) is 48.0 Å². The summed E-state index contributed by atoms with van der Waals surface area (Å²) in [5, 5.41) is 0. The molecule has 146 valence electrons. The van der Waals surface area contributed by atoms with E-state index in [0.717, 1.165) is 50.3 Å². The van der Waals surface area contributed by atoms with Crippen molar-refractivity contribution in [1.29, 1.82) is 0 Å². The van der Waals surface area contributed by atoms with E-state index < -0.39 is 10.0 Å². The van der Waals surface area contributed by atoms with Crippen LogP contribution in [0.2, 0.25) is 0 Å². The van der Waals surface area contributed by atoms with Crippen molar-refractivity contribution >= 4 is 15.7 Å². The van der Waals surface area contributed by atoms with Gasteiger partial charge in [-0.15, -0.1) is 0 Å². The monoisotopic (exact) mass is 387 g/mol. The molecule has 1 N–H and O–H groups in total. The van der Waals surface area contributed by atoms with Gasteiger partial charge in [0.2, 0.25) is 10.0 Å². The molecule has 0 radical (unpaired) electrons. The van der Waals surface area contributed by atoms with Crippen LogP contribution in [0.4, 0.5) is 5.69 Å². The number of sulfonamides is 1. The summed E-state index contributed by atoms with van der Waals surface area (Å²) >= 11 is 0. The van der Waals surface area contributed by atoms with Crippen molar-refractivity contribution in [1.82, 2.24) is 9.62 Å². The number of hydrogen-bond donors (Lipinski definition) is 1. The molecule has 1 fully saturated rings. The lowest BCUT2D eigenvalue weighted by Crippen LogP contribution is -2.47. The van der Waals surface area contributed by atoms with Gasteiger partial charge in [0, 0.05) is 38.4 Å². The number of anilines is 1. The summed E-state index contributed by atoms with van der Waals surface area (Å²) in [5.74, 6) is 0.0447. The molecule has 0 aromatic heterocycles. The Morgan fingerprint density at radius 3 is 2.26 bits per heavy atom. The van der Waals surface area contributed by atoms with Crippen molar-refractivity contribution in [3.8, 4) is 0 Å². The summed E-state index contributed by atoms with van der Waals surface area (Å²) in [6.07, 6.45) is 0.832. The Balaban J connectivity index is 1.35. The average Bonchev–Trinajstić information content (AvgIpc) is 2.68. The fourth-order valence-corrected chi connectivity index (χ4v) is 4.54. The molecule has 0 aliphatic carbocycles. The van der Waals surface area contributed by atoms with E-state index in [9.17, 15) is 8.42 Å². The van der Waals surface area contributed by atoms with Crippen molar-refractivity contribution in [3.63, 3.8) is 0 Å². The maximum Gasteiger partial charge on any atom is 0.215 e. The van der Waals surface area contributed by atoms with E-state index in [-0.39, 0.29) is 5.75 Å². The maximum atomic E-state index is 12.2. The SMILES string of the molecule is Cc1ccc(CS(=O)(=O)NCCCN2CCN(c3ccccc3)CC2)cc1. The minimum atomic E-state index is -3.27. The molecule has 1 saturated heterocycles. The van der Waals surface area contributed by atoms with Crippen molar-refractivity contribution in [2.75, 3.05) is 44.2 Å². The number of piperazine rings is 1. The third kappa shape index (κ3) is 6.34. The van der Waals surface area contributed by atoms with Gasteiger partial charge in [0.05, 0.1) is 5.75 Å². The Morgan fingerprint density at radius 1 is 0.926 bits per heavy atom. The van der Waals surface area contributed by atoms with Crippen LogP contribution >= 0.6 is 0 Å². The van der Waals surface area contributed by atoms with E-state index >= 15 is 0 Å². The van der Waals surface area contributed by atoms with Crippen LogP contribution in [0.1, 0.15) is 17.5 Å². The van der Waals surface area contributed by atoms with Crippen LogP contribution in [0.3, 0.4) is 0 Å². The van der Waals surface area contributed by atoms with Crippen molar-refractivity contribution in [2.45, 2.75) is 19.1 Å². The first kappa shape index (κ1) is 19.9. The number of benzene rings is 2. The Morgan fingerprint density at radius 2 is 1.59 bits per heavy atom. The second-order valence-corrected chi connectivity index (χ2v) is 8.96. The standard InChI is InChI=1S/C21H29N3O2S/c1-19-8-10-20(11-9-19)18-27(25,26)22-12-5-13-23-14-16-24(17-15-23)21-6-3-2-4-7-21/h2-4,6-11,22H,5,12-18H2,1H3. The summed E-state index contributed by atoms with van der Waals surface area (Å²) in [6, 6.07) is 18.1. The number of nitrogens with one attached hydrogen (secondary N) is 1. The predicted molar refractivity (Wildman–Crippen MR) is 112 cm³/mol. The van der Waals surface area contributed by atoms with Gasteiger partial charge in [-0.25, -0.2) is 13.1 Å². The molecule has 2 aromatic carbocycles. The van der Waals surface area contributed by atoms with E-state index in [1.807, 2.05) is 37.3 Å². The van der Waals surface area contributed by atoms with E-state index in [2.05, 4.69) is 38.8 Å². The molecular formula is C21H29N3O2S. The summed E-state index contributed by atoms with van der Waals surface area (Å²) < 4.78 is 27.1. The first-order chi connectivity index (χ1) is 13.0. The highest BCUT2D eigenvalue weighted by atomic mass is 32.2. The summed E-state index contributed by atoms with van der Waals surface area (Å²) in [4.78, 5) is 4.81. The zero-order valence-corrected chi connectivity index (χ0v) is 16.8. The summed E-state index contributed by atoms with van der Waals surface area (Å²) in [5.41, 5.74) is 3.24. The maximum absolute atomic E-state index is 12.2. The van der Waals surface area contributed by atoms with E-state index in [4.69, 9.17) is 0 Å². The third-order valence-electron chi connectivity index (χ3n) is 4.94. The van der Waals surface area contributed by atoms with Crippen molar-refractivity contribution in [3.05, 3.63) is 65.7 Å². The molecule has 1 aliphatic rings. The molecule has 27 heavy (non-hydrogen) atoms. The molecule has 5 nitrogen and oxygen atoms in total. The molecule has 2 aromatic rings. The zero-order chi connectivity index (χ0) is 19.1. The van der Waals surface area contributed by atoms with Crippen LogP contribution in [-0.4, -0.2) is 52.6 Å².